The number of hydrogen-bond donors (Lipinski definition) is 1. The Hall–Kier alpha value is -1.43. The summed E-state index contributed by atoms with van der Waals surface area (Å²) in [5, 5.41) is 23.9. The van der Waals surface area contributed by atoms with Crippen molar-refractivity contribution in [1.29, 1.82) is 0 Å². The van der Waals surface area contributed by atoms with Gasteiger partial charge in [0.05, 0.1) is 17.1 Å². The summed E-state index contributed by atoms with van der Waals surface area (Å²) in [6.45, 7) is 0. The summed E-state index contributed by atoms with van der Waals surface area (Å²) in [5.74, 6) is 0. The highest BCUT2D eigenvalue weighted by atomic mass is 16.6. The van der Waals surface area contributed by atoms with Crippen molar-refractivity contribution in [2.45, 2.75) is 37.8 Å². The van der Waals surface area contributed by atoms with Crippen molar-refractivity contribution in [2.24, 2.45) is 0 Å². The molecule has 0 spiro atoms. The average Bonchev–Trinajstić information content (AvgIpc) is 2.66. The molecule has 0 radical (unpaired) electrons. The molecule has 0 saturated heterocycles. The van der Waals surface area contributed by atoms with E-state index in [1.165, 1.54) is 12.4 Å². The Bertz CT molecular complexity index is 363. The number of nitro groups is 1. The molecule has 1 aromatic heterocycles. The molecule has 6 heteroatoms. The Morgan fingerprint density at radius 1 is 1.60 bits per heavy atom. The van der Waals surface area contributed by atoms with Crippen LogP contribution < -0.4 is 0 Å². The summed E-state index contributed by atoms with van der Waals surface area (Å²) in [7, 11) is 0. The lowest BCUT2D eigenvalue weighted by Crippen LogP contribution is -2.22. The third-order valence-corrected chi connectivity index (χ3v) is 2.79. The maximum absolute atomic E-state index is 10.5. The quantitative estimate of drug-likeness (QED) is 0.590. The zero-order chi connectivity index (χ0) is 10.8. The number of aliphatic hydroxyl groups excluding tert-OH is 1. The van der Waals surface area contributed by atoms with Crippen molar-refractivity contribution in [3.63, 3.8) is 0 Å². The number of hydrogen-bond acceptors (Lipinski definition) is 4. The van der Waals surface area contributed by atoms with E-state index in [0.717, 1.165) is 19.3 Å². The van der Waals surface area contributed by atoms with Crippen LogP contribution in [-0.4, -0.2) is 25.9 Å². The summed E-state index contributed by atoms with van der Waals surface area (Å²) in [4.78, 5) is 10.0. The minimum atomic E-state index is -0.456. The van der Waals surface area contributed by atoms with Crippen LogP contribution in [0.15, 0.2) is 12.4 Å². The molecule has 1 heterocycles. The molecule has 6 nitrogen and oxygen atoms in total. The van der Waals surface area contributed by atoms with Gasteiger partial charge in [0.25, 0.3) is 0 Å². The minimum Gasteiger partial charge on any atom is -0.393 e. The van der Waals surface area contributed by atoms with Gasteiger partial charge in [0.1, 0.15) is 12.4 Å². The zero-order valence-electron chi connectivity index (χ0n) is 8.24. The molecule has 1 aliphatic rings. The third kappa shape index (κ3) is 2.15. The Labute approximate surface area is 86.7 Å². The first-order valence-electron chi connectivity index (χ1n) is 5.03. The molecule has 1 N–H and O–H groups in total. The Morgan fingerprint density at radius 3 is 3.00 bits per heavy atom. The van der Waals surface area contributed by atoms with Gasteiger partial charge >= 0.3 is 5.69 Å². The predicted molar refractivity (Wildman–Crippen MR) is 52.4 cm³/mol. The van der Waals surface area contributed by atoms with E-state index in [0.29, 0.717) is 6.42 Å². The first-order valence-corrected chi connectivity index (χ1v) is 5.03. The van der Waals surface area contributed by atoms with Gasteiger partial charge in [-0.1, -0.05) is 0 Å². The van der Waals surface area contributed by atoms with E-state index < -0.39 is 4.92 Å². The van der Waals surface area contributed by atoms with Crippen LogP contribution in [0, 0.1) is 10.1 Å². The van der Waals surface area contributed by atoms with Gasteiger partial charge in [0.2, 0.25) is 0 Å². The zero-order valence-corrected chi connectivity index (χ0v) is 8.24. The maximum atomic E-state index is 10.5. The monoisotopic (exact) mass is 211 g/mol. The highest BCUT2D eigenvalue weighted by Crippen LogP contribution is 2.28. The molecule has 0 aliphatic heterocycles. The van der Waals surface area contributed by atoms with E-state index in [1.54, 1.807) is 4.68 Å². The second kappa shape index (κ2) is 3.98. The van der Waals surface area contributed by atoms with Crippen LogP contribution in [0.3, 0.4) is 0 Å². The van der Waals surface area contributed by atoms with Crippen molar-refractivity contribution in [1.82, 2.24) is 9.78 Å². The minimum absolute atomic E-state index is 0.00932. The number of aromatic nitrogens is 2. The SMILES string of the molecule is O=[N+]([O-])c1cnn([C@H]2CCC[C@@H](O)C2)c1. The van der Waals surface area contributed by atoms with Crippen molar-refractivity contribution < 1.29 is 10.0 Å². The van der Waals surface area contributed by atoms with Gasteiger partial charge in [0.15, 0.2) is 0 Å². The molecular formula is C9H13N3O3. The Morgan fingerprint density at radius 2 is 2.40 bits per heavy atom. The van der Waals surface area contributed by atoms with Gasteiger partial charge in [-0.25, -0.2) is 0 Å². The smallest absolute Gasteiger partial charge is 0.307 e. The van der Waals surface area contributed by atoms with Gasteiger partial charge in [-0.2, -0.15) is 5.10 Å². The van der Waals surface area contributed by atoms with E-state index in [9.17, 15) is 15.2 Å². The summed E-state index contributed by atoms with van der Waals surface area (Å²) >= 11 is 0. The lowest BCUT2D eigenvalue weighted by Gasteiger charge is -2.25. The van der Waals surface area contributed by atoms with Crippen molar-refractivity contribution >= 4 is 5.69 Å². The summed E-state index contributed by atoms with van der Waals surface area (Å²) in [5.41, 5.74) is 0.00932. The average molecular weight is 211 g/mol. The molecule has 1 aromatic rings. The third-order valence-electron chi connectivity index (χ3n) is 2.79. The van der Waals surface area contributed by atoms with E-state index in [4.69, 9.17) is 0 Å². The lowest BCUT2D eigenvalue weighted by molar-refractivity contribution is -0.385. The molecule has 1 aliphatic carbocycles. The molecule has 0 amide bonds. The van der Waals surface area contributed by atoms with Crippen LogP contribution in [0.25, 0.3) is 0 Å². The standard InChI is InChI=1S/C9H13N3O3/c13-9-3-1-2-7(4-9)11-6-8(5-10-11)12(14)15/h5-7,9,13H,1-4H2/t7-,9+/m0/s1. The fraction of sp³-hybridized carbons (Fsp3) is 0.667. The fourth-order valence-electron chi connectivity index (χ4n) is 2.00. The first-order chi connectivity index (χ1) is 7.16. The van der Waals surface area contributed by atoms with Crippen molar-refractivity contribution in [3.8, 4) is 0 Å². The highest BCUT2D eigenvalue weighted by Gasteiger charge is 2.23. The van der Waals surface area contributed by atoms with Gasteiger partial charge in [-0.15, -0.1) is 0 Å². The summed E-state index contributed by atoms with van der Waals surface area (Å²) in [6, 6.07) is 0.0995. The highest BCUT2D eigenvalue weighted by molar-refractivity contribution is 5.21. The van der Waals surface area contributed by atoms with Crippen molar-refractivity contribution in [3.05, 3.63) is 22.5 Å². The van der Waals surface area contributed by atoms with Crippen molar-refractivity contribution in [2.75, 3.05) is 0 Å². The fourth-order valence-corrected chi connectivity index (χ4v) is 2.00. The summed E-state index contributed by atoms with van der Waals surface area (Å²) in [6.07, 6.45) is 5.71. The maximum Gasteiger partial charge on any atom is 0.307 e. The van der Waals surface area contributed by atoms with E-state index >= 15 is 0 Å². The molecule has 0 aromatic carbocycles. The topological polar surface area (TPSA) is 81.2 Å². The first kappa shape index (κ1) is 10.1. The van der Waals surface area contributed by atoms with Gasteiger partial charge < -0.3 is 5.11 Å². The molecular weight excluding hydrogens is 198 g/mol. The lowest BCUT2D eigenvalue weighted by atomic mass is 9.93. The Kier molecular flexibility index (Phi) is 2.68. The Balaban J connectivity index is 2.11. The molecule has 2 rings (SSSR count). The van der Waals surface area contributed by atoms with Crippen LogP contribution in [0.2, 0.25) is 0 Å². The largest absolute Gasteiger partial charge is 0.393 e. The van der Waals surface area contributed by atoms with E-state index in [1.807, 2.05) is 0 Å². The molecule has 1 saturated carbocycles. The van der Waals surface area contributed by atoms with Gasteiger partial charge in [0, 0.05) is 0 Å². The molecule has 2 atom stereocenters. The molecule has 82 valence electrons. The molecule has 15 heavy (non-hydrogen) atoms. The van der Waals surface area contributed by atoms with Crippen LogP contribution in [0.5, 0.6) is 0 Å². The van der Waals surface area contributed by atoms with Crippen LogP contribution in [0.4, 0.5) is 5.69 Å². The van der Waals surface area contributed by atoms with Gasteiger partial charge in [-0.05, 0) is 25.7 Å². The summed E-state index contributed by atoms with van der Waals surface area (Å²) < 4.78 is 1.60. The van der Waals surface area contributed by atoms with Crippen LogP contribution in [-0.2, 0) is 0 Å². The second-order valence-electron chi connectivity index (χ2n) is 3.91. The number of aliphatic hydroxyl groups is 1. The normalized spacial score (nSPS) is 26.5. The number of rotatable bonds is 2. The molecule has 1 fully saturated rings. The molecule has 0 bridgehead atoms. The van der Waals surface area contributed by atoms with Crippen LogP contribution in [0.1, 0.15) is 31.7 Å². The van der Waals surface area contributed by atoms with E-state index in [2.05, 4.69) is 5.10 Å². The van der Waals surface area contributed by atoms with E-state index in [-0.39, 0.29) is 17.8 Å². The second-order valence-corrected chi connectivity index (χ2v) is 3.91. The van der Waals surface area contributed by atoms with Gasteiger partial charge in [-0.3, -0.25) is 14.8 Å². The van der Waals surface area contributed by atoms with Crippen LogP contribution >= 0.6 is 0 Å². The predicted octanol–water partition coefficient (Wildman–Crippen LogP) is 1.27. The molecule has 0 unspecified atom stereocenters. The number of nitrogens with zero attached hydrogens (tertiary/aromatic N) is 3.